The Bertz CT molecular complexity index is 1510. The lowest BCUT2D eigenvalue weighted by Crippen LogP contribution is -2.53. The molecule has 0 amide bonds. The van der Waals surface area contributed by atoms with Crippen LogP contribution < -0.4 is 18.9 Å². The predicted octanol–water partition coefficient (Wildman–Crippen LogP) is 8.22. The zero-order chi connectivity index (χ0) is 24.9. The second-order valence-corrected chi connectivity index (χ2v) is 8.55. The molecule has 0 aliphatic carbocycles. The number of hydrogen-bond donors (Lipinski definition) is 0. The Morgan fingerprint density at radius 3 is 1.08 bits per heavy atom. The van der Waals surface area contributed by atoms with Crippen molar-refractivity contribution < 1.29 is 18.9 Å². The first-order valence-corrected chi connectivity index (χ1v) is 12.1. The first-order chi connectivity index (χ1) is 18.2. The fraction of sp³-hybridized carbons (Fsp3) is 0.0303. The molecule has 0 aliphatic heterocycles. The summed E-state index contributed by atoms with van der Waals surface area (Å²) in [6.07, 6.45) is -1.96. The Balaban J connectivity index is 1.46. The van der Waals surface area contributed by atoms with Crippen LogP contribution in [0, 0.1) is 0 Å². The molecule has 4 heteroatoms. The van der Waals surface area contributed by atoms with E-state index in [1.165, 1.54) is 0 Å². The lowest BCUT2D eigenvalue weighted by atomic mass is 10.1. The fourth-order valence-corrected chi connectivity index (χ4v) is 4.14. The fourth-order valence-electron chi connectivity index (χ4n) is 4.14. The Hall–Kier alpha value is -4.96. The van der Waals surface area contributed by atoms with Crippen LogP contribution in [0.2, 0.25) is 0 Å². The molecule has 0 aliphatic rings. The van der Waals surface area contributed by atoms with Crippen LogP contribution in [0.25, 0.3) is 21.5 Å². The minimum absolute atomic E-state index is 0.528. The highest BCUT2D eigenvalue weighted by molar-refractivity contribution is 5.84. The molecule has 0 bridgehead atoms. The quantitative estimate of drug-likeness (QED) is 0.204. The second kappa shape index (κ2) is 9.96. The average molecular weight is 485 g/mol. The van der Waals surface area contributed by atoms with Gasteiger partial charge in [-0.15, -0.1) is 0 Å². The monoisotopic (exact) mass is 484 g/mol. The van der Waals surface area contributed by atoms with E-state index in [-0.39, 0.29) is 0 Å². The number of fused-ring (bicyclic) bond motifs is 2. The predicted molar refractivity (Wildman–Crippen MR) is 146 cm³/mol. The minimum atomic E-state index is -1.96. The summed E-state index contributed by atoms with van der Waals surface area (Å²) in [4.78, 5) is 0. The summed E-state index contributed by atoms with van der Waals surface area (Å²) >= 11 is 0. The van der Waals surface area contributed by atoms with E-state index in [2.05, 4.69) is 12.1 Å². The van der Waals surface area contributed by atoms with Gasteiger partial charge in [-0.25, -0.2) is 0 Å². The standard InChI is InChI=1S/C33H24O4/c1-3-15-29(16-4-1)34-33(35-30-17-5-2-6-18-30,36-31-21-19-25-11-7-9-13-27(25)23-31)37-32-22-20-26-12-8-10-14-28(26)24-32/h1-24H. The molecule has 6 aromatic carbocycles. The minimum Gasteiger partial charge on any atom is -0.386 e. The van der Waals surface area contributed by atoms with Crippen molar-refractivity contribution in [2.75, 3.05) is 0 Å². The molecule has 0 radical (unpaired) electrons. The topological polar surface area (TPSA) is 36.9 Å². The summed E-state index contributed by atoms with van der Waals surface area (Å²) < 4.78 is 25.7. The molecule has 0 N–H and O–H groups in total. The van der Waals surface area contributed by atoms with Crippen molar-refractivity contribution in [3.63, 3.8) is 0 Å². The maximum Gasteiger partial charge on any atom is 0.611 e. The van der Waals surface area contributed by atoms with Crippen LogP contribution in [0.4, 0.5) is 0 Å². The van der Waals surface area contributed by atoms with Gasteiger partial charge in [0, 0.05) is 0 Å². The van der Waals surface area contributed by atoms with Crippen molar-refractivity contribution in [2.45, 2.75) is 6.16 Å². The van der Waals surface area contributed by atoms with Crippen LogP contribution in [0.3, 0.4) is 0 Å². The molecule has 4 nitrogen and oxygen atoms in total. The molecule has 0 heterocycles. The molecule has 180 valence electrons. The highest BCUT2D eigenvalue weighted by Crippen LogP contribution is 2.32. The Morgan fingerprint density at radius 2 is 0.649 bits per heavy atom. The Morgan fingerprint density at radius 1 is 0.297 bits per heavy atom. The van der Waals surface area contributed by atoms with E-state index in [1.54, 1.807) is 0 Å². The van der Waals surface area contributed by atoms with Gasteiger partial charge in [-0.3, -0.25) is 0 Å². The van der Waals surface area contributed by atoms with Gasteiger partial charge in [-0.1, -0.05) is 97.1 Å². The van der Waals surface area contributed by atoms with Crippen LogP contribution in [-0.4, -0.2) is 6.16 Å². The molecule has 0 atom stereocenters. The molecular weight excluding hydrogens is 460 g/mol. The van der Waals surface area contributed by atoms with E-state index in [0.717, 1.165) is 21.5 Å². The molecule has 37 heavy (non-hydrogen) atoms. The van der Waals surface area contributed by atoms with Gasteiger partial charge in [0.25, 0.3) is 0 Å². The molecule has 0 saturated carbocycles. The lowest BCUT2D eigenvalue weighted by molar-refractivity contribution is -0.367. The van der Waals surface area contributed by atoms with Crippen LogP contribution in [0.1, 0.15) is 0 Å². The number of benzene rings is 6. The highest BCUT2D eigenvalue weighted by Gasteiger charge is 2.44. The average Bonchev–Trinajstić information content (AvgIpc) is 2.94. The van der Waals surface area contributed by atoms with E-state index < -0.39 is 6.16 Å². The van der Waals surface area contributed by atoms with E-state index in [4.69, 9.17) is 18.9 Å². The maximum atomic E-state index is 6.47. The maximum absolute atomic E-state index is 6.47. The highest BCUT2D eigenvalue weighted by atomic mass is 17.0. The van der Waals surface area contributed by atoms with Crippen LogP contribution in [0.15, 0.2) is 146 Å². The molecule has 0 fully saturated rings. The lowest BCUT2D eigenvalue weighted by Gasteiger charge is -2.32. The summed E-state index contributed by atoms with van der Waals surface area (Å²) in [7, 11) is 0. The SMILES string of the molecule is c1ccc(OC(Oc2ccccc2)(Oc2ccc3ccccc3c2)Oc2ccc3ccccc3c2)cc1. The second-order valence-electron chi connectivity index (χ2n) is 8.55. The molecule has 6 aromatic rings. The third kappa shape index (κ3) is 5.19. The van der Waals surface area contributed by atoms with Crippen molar-refractivity contribution in [1.29, 1.82) is 0 Å². The van der Waals surface area contributed by atoms with Crippen molar-refractivity contribution in [1.82, 2.24) is 0 Å². The zero-order valence-electron chi connectivity index (χ0n) is 20.0. The number of ether oxygens (including phenoxy) is 4. The van der Waals surface area contributed by atoms with Crippen LogP contribution in [-0.2, 0) is 0 Å². The third-order valence-electron chi connectivity index (χ3n) is 5.90. The molecule has 0 spiro atoms. The van der Waals surface area contributed by atoms with E-state index in [1.807, 2.05) is 133 Å². The van der Waals surface area contributed by atoms with Crippen molar-refractivity contribution in [3.05, 3.63) is 146 Å². The van der Waals surface area contributed by atoms with Crippen molar-refractivity contribution >= 4 is 21.5 Å². The summed E-state index contributed by atoms with van der Waals surface area (Å²) in [5.41, 5.74) is 0. The normalized spacial score (nSPS) is 11.2. The number of rotatable bonds is 8. The third-order valence-corrected chi connectivity index (χ3v) is 5.90. The Labute approximate surface area is 215 Å². The smallest absolute Gasteiger partial charge is 0.386 e. The van der Waals surface area contributed by atoms with Gasteiger partial charge in [0.1, 0.15) is 23.0 Å². The molecule has 6 rings (SSSR count). The van der Waals surface area contributed by atoms with Gasteiger partial charge in [-0.2, -0.15) is 0 Å². The van der Waals surface area contributed by atoms with Gasteiger partial charge in [0.2, 0.25) is 0 Å². The van der Waals surface area contributed by atoms with E-state index >= 15 is 0 Å². The zero-order valence-corrected chi connectivity index (χ0v) is 20.0. The molecule has 0 unspecified atom stereocenters. The van der Waals surface area contributed by atoms with E-state index in [9.17, 15) is 0 Å². The summed E-state index contributed by atoms with van der Waals surface area (Å²) in [6, 6.07) is 46.5. The molecule has 0 aromatic heterocycles. The summed E-state index contributed by atoms with van der Waals surface area (Å²) in [5.74, 6) is 2.12. The van der Waals surface area contributed by atoms with Crippen LogP contribution >= 0.6 is 0 Å². The summed E-state index contributed by atoms with van der Waals surface area (Å²) in [5, 5.41) is 4.26. The van der Waals surface area contributed by atoms with Gasteiger partial charge in [0.05, 0.1) is 0 Å². The molecule has 0 saturated heterocycles. The van der Waals surface area contributed by atoms with Gasteiger partial charge >= 0.3 is 6.16 Å². The first-order valence-electron chi connectivity index (χ1n) is 12.1. The van der Waals surface area contributed by atoms with Crippen molar-refractivity contribution in [3.8, 4) is 23.0 Å². The van der Waals surface area contributed by atoms with Crippen LogP contribution in [0.5, 0.6) is 23.0 Å². The summed E-state index contributed by atoms with van der Waals surface area (Å²) in [6.45, 7) is 0. The number of para-hydroxylation sites is 2. The van der Waals surface area contributed by atoms with Gasteiger partial charge in [0.15, 0.2) is 0 Å². The van der Waals surface area contributed by atoms with Gasteiger partial charge < -0.3 is 18.9 Å². The van der Waals surface area contributed by atoms with Crippen molar-refractivity contribution in [2.24, 2.45) is 0 Å². The van der Waals surface area contributed by atoms with Gasteiger partial charge in [-0.05, 0) is 70.1 Å². The molecular formula is C33H24O4. The number of hydrogen-bond acceptors (Lipinski definition) is 4. The Kier molecular flexibility index (Phi) is 6.05. The largest absolute Gasteiger partial charge is 0.611 e. The first kappa shape index (κ1) is 22.5. The van der Waals surface area contributed by atoms with E-state index in [0.29, 0.717) is 23.0 Å².